The van der Waals surface area contributed by atoms with E-state index in [2.05, 4.69) is 9.72 Å². The van der Waals surface area contributed by atoms with E-state index in [4.69, 9.17) is 0 Å². The van der Waals surface area contributed by atoms with E-state index in [9.17, 15) is 24.4 Å². The number of rotatable bonds is 3. The molecule has 0 amide bonds. The number of nitro groups is 1. The van der Waals surface area contributed by atoms with Gasteiger partial charge < -0.3 is 14.7 Å². The Balaban J connectivity index is 2.21. The lowest BCUT2D eigenvalue weighted by Crippen LogP contribution is -2.50. The predicted octanol–water partition coefficient (Wildman–Crippen LogP) is 0.633. The van der Waals surface area contributed by atoms with E-state index in [-0.39, 0.29) is 37.4 Å². The Morgan fingerprint density at radius 1 is 1.52 bits per heavy atom. The van der Waals surface area contributed by atoms with Crippen LogP contribution in [0.2, 0.25) is 0 Å². The molecular formula is C12H14FN3O5. The van der Waals surface area contributed by atoms with Gasteiger partial charge in [0.15, 0.2) is 5.60 Å². The molecule has 8 nitrogen and oxygen atoms in total. The highest BCUT2D eigenvalue weighted by molar-refractivity contribution is 5.79. The van der Waals surface area contributed by atoms with Crippen LogP contribution in [0.4, 0.5) is 15.9 Å². The highest BCUT2D eigenvalue weighted by Gasteiger charge is 2.41. The molecule has 0 aromatic carbocycles. The maximum absolute atomic E-state index is 13.2. The fourth-order valence-electron chi connectivity index (χ4n) is 2.28. The van der Waals surface area contributed by atoms with Crippen molar-refractivity contribution in [2.75, 3.05) is 25.1 Å². The average Bonchev–Trinajstić information content (AvgIpc) is 2.46. The average molecular weight is 299 g/mol. The van der Waals surface area contributed by atoms with Gasteiger partial charge in [0.2, 0.25) is 11.8 Å². The van der Waals surface area contributed by atoms with Gasteiger partial charge in [-0.05, 0) is 0 Å². The summed E-state index contributed by atoms with van der Waals surface area (Å²) in [5.74, 6) is -1.68. The minimum atomic E-state index is -1.62. The molecule has 1 aromatic heterocycles. The van der Waals surface area contributed by atoms with Crippen LogP contribution in [-0.4, -0.2) is 46.8 Å². The van der Waals surface area contributed by atoms with Crippen molar-refractivity contribution in [1.82, 2.24) is 4.98 Å². The lowest BCUT2D eigenvalue weighted by molar-refractivity contribution is -0.384. The number of ether oxygens (including phenoxy) is 1. The number of carbonyl (C=O) groups excluding carboxylic acids is 1. The van der Waals surface area contributed by atoms with E-state index < -0.39 is 22.4 Å². The second-order valence-corrected chi connectivity index (χ2v) is 4.74. The first-order valence-corrected chi connectivity index (χ1v) is 6.24. The molecule has 0 radical (unpaired) electrons. The van der Waals surface area contributed by atoms with Crippen molar-refractivity contribution in [1.29, 1.82) is 0 Å². The summed E-state index contributed by atoms with van der Waals surface area (Å²) in [5.41, 5.74) is -1.94. The molecule has 0 spiro atoms. The van der Waals surface area contributed by atoms with Crippen LogP contribution in [-0.2, 0) is 9.53 Å². The minimum Gasteiger partial charge on any atom is -0.467 e. The number of piperidine rings is 1. The molecule has 1 aliphatic heterocycles. The fraction of sp³-hybridized carbons (Fsp3) is 0.500. The zero-order valence-corrected chi connectivity index (χ0v) is 11.3. The molecule has 0 bridgehead atoms. The normalized spacial score (nSPS) is 17.4. The van der Waals surface area contributed by atoms with E-state index in [1.54, 1.807) is 0 Å². The number of carbonyl (C=O) groups is 1. The van der Waals surface area contributed by atoms with Crippen LogP contribution in [0.5, 0.6) is 0 Å². The number of nitrogens with zero attached hydrogens (tertiary/aromatic N) is 3. The molecule has 2 heterocycles. The van der Waals surface area contributed by atoms with Crippen molar-refractivity contribution < 1.29 is 24.0 Å². The van der Waals surface area contributed by atoms with Crippen molar-refractivity contribution in [2.45, 2.75) is 18.4 Å². The van der Waals surface area contributed by atoms with E-state index in [0.717, 1.165) is 12.1 Å². The zero-order chi connectivity index (χ0) is 15.6. The van der Waals surface area contributed by atoms with Gasteiger partial charge in [0.25, 0.3) is 0 Å². The number of halogens is 1. The van der Waals surface area contributed by atoms with Crippen molar-refractivity contribution >= 4 is 17.5 Å². The van der Waals surface area contributed by atoms with Crippen molar-refractivity contribution in [3.05, 3.63) is 28.2 Å². The number of aromatic nitrogens is 1. The number of pyridine rings is 1. The summed E-state index contributed by atoms with van der Waals surface area (Å²) < 4.78 is 17.7. The van der Waals surface area contributed by atoms with Gasteiger partial charge >= 0.3 is 11.7 Å². The zero-order valence-electron chi connectivity index (χ0n) is 11.3. The van der Waals surface area contributed by atoms with Crippen molar-refractivity contribution in [3.8, 4) is 0 Å². The van der Waals surface area contributed by atoms with Crippen LogP contribution < -0.4 is 4.90 Å². The largest absolute Gasteiger partial charge is 0.467 e. The van der Waals surface area contributed by atoms with Gasteiger partial charge in [-0.15, -0.1) is 0 Å². The number of esters is 1. The topological polar surface area (TPSA) is 106 Å². The molecule has 1 aromatic rings. The smallest absolute Gasteiger partial charge is 0.337 e. The molecule has 1 N–H and O–H groups in total. The third-order valence-electron chi connectivity index (χ3n) is 3.47. The van der Waals surface area contributed by atoms with Crippen LogP contribution in [0.15, 0.2) is 12.1 Å². The summed E-state index contributed by atoms with van der Waals surface area (Å²) in [6.07, 6.45) is 0.0457. The molecule has 1 fully saturated rings. The second-order valence-electron chi connectivity index (χ2n) is 4.74. The summed E-state index contributed by atoms with van der Waals surface area (Å²) in [7, 11) is 1.17. The standard InChI is InChI=1S/C12H14FN3O5/c1-21-11(17)12(18)4-6-15(7-5-12)10-8(16(19)20)2-3-9(13)14-10/h2-3,18H,4-7H2,1H3. The summed E-state index contributed by atoms with van der Waals surface area (Å²) in [4.78, 5) is 26.8. The van der Waals surface area contributed by atoms with Gasteiger partial charge in [0.05, 0.1) is 12.0 Å². The monoisotopic (exact) mass is 299 g/mol. The molecule has 2 rings (SSSR count). The maximum atomic E-state index is 13.2. The van der Waals surface area contributed by atoms with E-state index >= 15 is 0 Å². The van der Waals surface area contributed by atoms with E-state index in [0.29, 0.717) is 0 Å². The Kier molecular flexibility index (Phi) is 4.03. The molecule has 0 saturated carbocycles. The number of methoxy groups -OCH3 is 1. The summed E-state index contributed by atoms with van der Waals surface area (Å²) in [6.45, 7) is 0.256. The minimum absolute atomic E-state index is 0.0228. The van der Waals surface area contributed by atoms with Crippen LogP contribution in [0.3, 0.4) is 0 Å². The first-order chi connectivity index (χ1) is 9.87. The third-order valence-corrected chi connectivity index (χ3v) is 3.47. The van der Waals surface area contributed by atoms with Gasteiger partial charge in [0, 0.05) is 38.1 Å². The molecule has 0 atom stereocenters. The molecule has 1 saturated heterocycles. The van der Waals surface area contributed by atoms with Crippen LogP contribution >= 0.6 is 0 Å². The molecule has 21 heavy (non-hydrogen) atoms. The lowest BCUT2D eigenvalue weighted by atomic mass is 9.91. The number of anilines is 1. The van der Waals surface area contributed by atoms with Crippen LogP contribution in [0.25, 0.3) is 0 Å². The van der Waals surface area contributed by atoms with Gasteiger partial charge in [-0.25, -0.2) is 4.79 Å². The van der Waals surface area contributed by atoms with Gasteiger partial charge in [-0.3, -0.25) is 10.1 Å². The maximum Gasteiger partial charge on any atom is 0.337 e. The summed E-state index contributed by atoms with van der Waals surface area (Å²) >= 11 is 0. The van der Waals surface area contributed by atoms with E-state index in [1.165, 1.54) is 12.0 Å². The Morgan fingerprint density at radius 3 is 2.67 bits per heavy atom. The third kappa shape index (κ3) is 2.92. The Labute approximate surface area is 119 Å². The van der Waals surface area contributed by atoms with Crippen LogP contribution in [0.1, 0.15) is 12.8 Å². The van der Waals surface area contributed by atoms with Crippen molar-refractivity contribution in [3.63, 3.8) is 0 Å². The van der Waals surface area contributed by atoms with Gasteiger partial charge in [-0.1, -0.05) is 0 Å². The first-order valence-electron chi connectivity index (χ1n) is 6.24. The fourth-order valence-corrected chi connectivity index (χ4v) is 2.28. The molecule has 1 aliphatic rings. The lowest BCUT2D eigenvalue weighted by Gasteiger charge is -2.36. The second kappa shape index (κ2) is 5.60. The highest BCUT2D eigenvalue weighted by Crippen LogP contribution is 2.31. The molecular weight excluding hydrogens is 285 g/mol. The van der Waals surface area contributed by atoms with Gasteiger partial charge in [-0.2, -0.15) is 9.37 Å². The number of hydrogen-bond donors (Lipinski definition) is 1. The first kappa shape index (κ1) is 15.1. The Morgan fingerprint density at radius 2 is 2.14 bits per heavy atom. The predicted molar refractivity (Wildman–Crippen MR) is 69.3 cm³/mol. The quantitative estimate of drug-likeness (QED) is 0.377. The Bertz CT molecular complexity index is 572. The number of hydrogen-bond acceptors (Lipinski definition) is 7. The number of aliphatic hydroxyl groups is 1. The van der Waals surface area contributed by atoms with Gasteiger partial charge in [0.1, 0.15) is 0 Å². The summed E-state index contributed by atoms with van der Waals surface area (Å²) in [6, 6.07) is 1.95. The highest BCUT2D eigenvalue weighted by atomic mass is 19.1. The summed E-state index contributed by atoms with van der Waals surface area (Å²) in [5, 5.41) is 21.1. The molecule has 0 unspecified atom stereocenters. The SMILES string of the molecule is COC(=O)C1(O)CCN(c2nc(F)ccc2[N+](=O)[O-])CC1. The molecule has 9 heteroatoms. The molecule has 114 valence electrons. The Hall–Kier alpha value is -2.29. The van der Waals surface area contributed by atoms with Crippen LogP contribution in [0, 0.1) is 16.1 Å². The molecule has 0 aliphatic carbocycles. The van der Waals surface area contributed by atoms with Crippen molar-refractivity contribution in [2.24, 2.45) is 0 Å². The van der Waals surface area contributed by atoms with E-state index in [1.807, 2.05) is 0 Å².